The predicted molar refractivity (Wildman–Crippen MR) is 126 cm³/mol. The number of alkyl halides is 3. The molecule has 0 saturated carbocycles. The van der Waals surface area contributed by atoms with Crippen LogP contribution in [0.2, 0.25) is 0 Å². The summed E-state index contributed by atoms with van der Waals surface area (Å²) in [5, 5.41) is 9.19. The molecule has 0 saturated heterocycles. The van der Waals surface area contributed by atoms with E-state index >= 15 is 0 Å². The third kappa shape index (κ3) is 6.93. The lowest BCUT2D eigenvalue weighted by molar-refractivity contribution is -0.152. The number of nitrogens with zero attached hydrogens (tertiary/aromatic N) is 3. The van der Waals surface area contributed by atoms with Crippen LogP contribution in [0.5, 0.6) is 5.75 Å². The Kier molecular flexibility index (Phi) is 8.17. The number of carboxylic acids is 1. The van der Waals surface area contributed by atoms with Crippen LogP contribution >= 0.6 is 0 Å². The van der Waals surface area contributed by atoms with E-state index < -0.39 is 29.1 Å². The Morgan fingerprint density at radius 1 is 1.00 bits per heavy atom. The maximum Gasteiger partial charge on any atom is 0.416 e. The van der Waals surface area contributed by atoms with Gasteiger partial charge in [0.05, 0.1) is 5.56 Å². The molecular formula is C26H27F4N3O3. The molecule has 3 rings (SSSR count). The highest BCUT2D eigenvalue weighted by atomic mass is 19.4. The smallest absolute Gasteiger partial charge is 0.416 e. The molecule has 0 aliphatic rings. The Bertz CT molecular complexity index is 1180. The number of rotatable bonds is 10. The summed E-state index contributed by atoms with van der Waals surface area (Å²) < 4.78 is 58.7. The summed E-state index contributed by atoms with van der Waals surface area (Å²) in [7, 11) is 0. The molecule has 0 amide bonds. The molecule has 1 heterocycles. The monoisotopic (exact) mass is 505 g/mol. The van der Waals surface area contributed by atoms with E-state index in [-0.39, 0.29) is 12.3 Å². The fourth-order valence-corrected chi connectivity index (χ4v) is 3.33. The van der Waals surface area contributed by atoms with Crippen LogP contribution in [0, 0.1) is 5.82 Å². The van der Waals surface area contributed by atoms with Crippen molar-refractivity contribution in [3.63, 3.8) is 0 Å². The van der Waals surface area contributed by atoms with Gasteiger partial charge in [-0.15, -0.1) is 0 Å². The molecule has 0 bridgehead atoms. The lowest BCUT2D eigenvalue weighted by Gasteiger charge is -2.24. The minimum Gasteiger partial charge on any atom is -0.478 e. The molecule has 1 N–H and O–H groups in total. The van der Waals surface area contributed by atoms with Crippen molar-refractivity contribution in [3.8, 4) is 5.75 Å². The van der Waals surface area contributed by atoms with Crippen molar-refractivity contribution in [2.24, 2.45) is 0 Å². The Balaban J connectivity index is 1.78. The molecule has 0 radical (unpaired) electrons. The summed E-state index contributed by atoms with van der Waals surface area (Å²) in [6.07, 6.45) is 0.0950. The van der Waals surface area contributed by atoms with Crippen molar-refractivity contribution < 1.29 is 32.2 Å². The first-order valence-corrected chi connectivity index (χ1v) is 11.3. The molecule has 6 nitrogen and oxygen atoms in total. The van der Waals surface area contributed by atoms with Crippen LogP contribution in [-0.4, -0.2) is 33.2 Å². The maximum absolute atomic E-state index is 14.6. The molecule has 192 valence electrons. The van der Waals surface area contributed by atoms with E-state index in [1.165, 1.54) is 38.1 Å². The summed E-state index contributed by atoms with van der Waals surface area (Å²) in [5.41, 5.74) is -0.129. The number of hydrogen-bond acceptors (Lipinski definition) is 5. The molecule has 0 aliphatic heterocycles. The quantitative estimate of drug-likeness (QED) is 0.357. The Labute approximate surface area is 206 Å². The molecule has 0 atom stereocenters. The minimum absolute atomic E-state index is 0.175. The minimum atomic E-state index is -4.42. The van der Waals surface area contributed by atoms with E-state index in [4.69, 9.17) is 4.74 Å². The van der Waals surface area contributed by atoms with Gasteiger partial charge in [0, 0.05) is 25.5 Å². The molecule has 3 aromatic rings. The van der Waals surface area contributed by atoms with Gasteiger partial charge < -0.3 is 14.7 Å². The van der Waals surface area contributed by atoms with Gasteiger partial charge in [-0.05, 0) is 67.6 Å². The number of benzene rings is 2. The molecule has 1 aromatic heterocycles. The largest absolute Gasteiger partial charge is 0.478 e. The highest BCUT2D eigenvalue weighted by molar-refractivity contribution is 5.76. The Morgan fingerprint density at radius 2 is 1.61 bits per heavy atom. The zero-order chi connectivity index (χ0) is 26.5. The number of aliphatic carboxylic acids is 1. The lowest BCUT2D eigenvalue weighted by atomic mass is 10.1. The highest BCUT2D eigenvalue weighted by Gasteiger charge is 2.31. The topological polar surface area (TPSA) is 75.6 Å². The number of hydrogen-bond donors (Lipinski definition) is 1. The van der Waals surface area contributed by atoms with E-state index in [1.807, 2.05) is 6.92 Å². The van der Waals surface area contributed by atoms with Gasteiger partial charge in [-0.2, -0.15) is 13.2 Å². The van der Waals surface area contributed by atoms with Gasteiger partial charge in [0.1, 0.15) is 0 Å². The normalized spacial score (nSPS) is 11.9. The average molecular weight is 506 g/mol. The molecule has 10 heteroatoms. The number of aromatic nitrogens is 2. The summed E-state index contributed by atoms with van der Waals surface area (Å²) in [6.45, 7) is 5.22. The summed E-state index contributed by atoms with van der Waals surface area (Å²) >= 11 is 0. The fraction of sp³-hybridized carbons (Fsp3) is 0.346. The molecule has 36 heavy (non-hydrogen) atoms. The van der Waals surface area contributed by atoms with Crippen molar-refractivity contribution in [1.82, 2.24) is 9.97 Å². The van der Waals surface area contributed by atoms with Crippen LogP contribution in [0.1, 0.15) is 43.0 Å². The second kappa shape index (κ2) is 10.9. The van der Waals surface area contributed by atoms with Crippen LogP contribution < -0.4 is 9.64 Å². The van der Waals surface area contributed by atoms with E-state index in [0.717, 1.165) is 24.1 Å². The fourth-order valence-electron chi connectivity index (χ4n) is 3.33. The lowest BCUT2D eigenvalue weighted by Crippen LogP contribution is -2.38. The molecule has 0 spiro atoms. The van der Waals surface area contributed by atoms with E-state index in [2.05, 4.69) is 9.97 Å². The van der Waals surface area contributed by atoms with Crippen molar-refractivity contribution in [2.45, 2.75) is 51.9 Å². The van der Waals surface area contributed by atoms with Crippen LogP contribution in [0.4, 0.5) is 23.5 Å². The van der Waals surface area contributed by atoms with Gasteiger partial charge >= 0.3 is 12.1 Å². The zero-order valence-corrected chi connectivity index (χ0v) is 20.1. The highest BCUT2D eigenvalue weighted by Crippen LogP contribution is 2.29. The third-order valence-corrected chi connectivity index (χ3v) is 5.58. The summed E-state index contributed by atoms with van der Waals surface area (Å²) in [6, 6.07) is 9.15. The van der Waals surface area contributed by atoms with E-state index in [9.17, 15) is 27.5 Å². The zero-order valence-electron chi connectivity index (χ0n) is 20.1. The van der Waals surface area contributed by atoms with Crippen molar-refractivity contribution in [2.75, 3.05) is 11.4 Å². The van der Waals surface area contributed by atoms with Gasteiger partial charge in [-0.25, -0.2) is 19.2 Å². The van der Waals surface area contributed by atoms with Crippen molar-refractivity contribution >= 4 is 11.9 Å². The van der Waals surface area contributed by atoms with Crippen LogP contribution in [0.15, 0.2) is 54.9 Å². The van der Waals surface area contributed by atoms with Crippen LogP contribution in [-0.2, 0) is 30.4 Å². The standard InChI is InChI=1S/C26H27F4N3O3/c1-4-17-14-31-24(32-15-17)33(16-19-5-8-20(9-6-19)26(28,29)30)12-11-18-7-10-22(21(27)13-18)36-25(2,3)23(34)35/h5-10,13-15H,4,11-12,16H2,1-3H3,(H,34,35). The predicted octanol–water partition coefficient (Wildman–Crippen LogP) is 5.69. The number of anilines is 1. The number of carboxylic acid groups (broad SMARTS) is 1. The summed E-state index contributed by atoms with van der Waals surface area (Å²) in [5.74, 6) is -1.69. The van der Waals surface area contributed by atoms with Crippen molar-refractivity contribution in [3.05, 3.63) is 82.9 Å². The van der Waals surface area contributed by atoms with Gasteiger partial charge in [0.15, 0.2) is 17.2 Å². The van der Waals surface area contributed by atoms with Crippen LogP contribution in [0.3, 0.4) is 0 Å². The SMILES string of the molecule is CCc1cnc(N(CCc2ccc(OC(C)(C)C(=O)O)c(F)c2)Cc2ccc(C(F)(F)F)cc2)nc1. The number of halogens is 4. The second-order valence-electron chi connectivity index (χ2n) is 8.79. The van der Waals surface area contributed by atoms with Gasteiger partial charge in [0.25, 0.3) is 0 Å². The number of ether oxygens (including phenoxy) is 1. The van der Waals surface area contributed by atoms with Crippen LogP contribution in [0.25, 0.3) is 0 Å². The van der Waals surface area contributed by atoms with E-state index in [0.29, 0.717) is 30.0 Å². The second-order valence-corrected chi connectivity index (χ2v) is 8.79. The number of aryl methyl sites for hydroxylation is 1. The van der Waals surface area contributed by atoms with Gasteiger partial charge in [-0.3, -0.25) is 0 Å². The van der Waals surface area contributed by atoms with E-state index in [1.54, 1.807) is 23.4 Å². The molecule has 0 fully saturated rings. The Hall–Kier alpha value is -3.69. The number of carbonyl (C=O) groups is 1. The first-order chi connectivity index (χ1) is 16.9. The molecule has 0 unspecified atom stereocenters. The first kappa shape index (κ1) is 26.9. The molecule has 2 aromatic carbocycles. The Morgan fingerprint density at radius 3 is 2.14 bits per heavy atom. The maximum atomic E-state index is 14.6. The third-order valence-electron chi connectivity index (χ3n) is 5.58. The average Bonchev–Trinajstić information content (AvgIpc) is 2.83. The summed E-state index contributed by atoms with van der Waals surface area (Å²) in [4.78, 5) is 21.8. The molecular weight excluding hydrogens is 478 g/mol. The van der Waals surface area contributed by atoms with Gasteiger partial charge in [-0.1, -0.05) is 25.1 Å². The first-order valence-electron chi connectivity index (χ1n) is 11.3. The van der Waals surface area contributed by atoms with Crippen molar-refractivity contribution in [1.29, 1.82) is 0 Å². The van der Waals surface area contributed by atoms with Gasteiger partial charge in [0.2, 0.25) is 5.95 Å². The molecule has 0 aliphatic carbocycles.